The Morgan fingerprint density at radius 1 is 0.947 bits per heavy atom. The summed E-state index contributed by atoms with van der Waals surface area (Å²) in [6, 6.07) is 14.4. The van der Waals surface area contributed by atoms with Gasteiger partial charge in [0.05, 0.1) is 7.11 Å². The van der Waals surface area contributed by atoms with E-state index < -0.39 is 0 Å². The van der Waals surface area contributed by atoms with Crippen LogP contribution in [0.3, 0.4) is 0 Å². The molecule has 2 nitrogen and oxygen atoms in total. The Hall–Kier alpha value is -2.22. The summed E-state index contributed by atoms with van der Waals surface area (Å²) in [6.45, 7) is 4.08. The number of hydrogen-bond acceptors (Lipinski definition) is 2. The summed E-state index contributed by atoms with van der Waals surface area (Å²) in [5.74, 6) is 1.82. The zero-order valence-corrected chi connectivity index (χ0v) is 11.4. The second kappa shape index (κ2) is 4.47. The molecule has 0 atom stereocenters. The fourth-order valence-electron chi connectivity index (χ4n) is 2.44. The lowest BCUT2D eigenvalue weighted by atomic mass is 10.0. The maximum absolute atomic E-state index is 5.86. The van der Waals surface area contributed by atoms with Crippen LogP contribution in [0.25, 0.3) is 22.1 Å². The smallest absolute Gasteiger partial charge is 0.135 e. The molecule has 2 aromatic carbocycles. The van der Waals surface area contributed by atoms with Gasteiger partial charge in [-0.3, -0.25) is 0 Å². The van der Waals surface area contributed by atoms with Crippen LogP contribution in [0.1, 0.15) is 11.3 Å². The highest BCUT2D eigenvalue weighted by Gasteiger charge is 2.12. The lowest BCUT2D eigenvalue weighted by Gasteiger charge is -2.03. The van der Waals surface area contributed by atoms with Gasteiger partial charge in [-0.2, -0.15) is 0 Å². The molecule has 1 aromatic heterocycles. The first-order valence-electron chi connectivity index (χ1n) is 6.33. The molecular formula is C17H16O2. The molecule has 0 N–H and O–H groups in total. The van der Waals surface area contributed by atoms with E-state index in [-0.39, 0.29) is 0 Å². The van der Waals surface area contributed by atoms with Crippen LogP contribution < -0.4 is 4.74 Å². The zero-order chi connectivity index (χ0) is 13.4. The van der Waals surface area contributed by atoms with Crippen LogP contribution in [0.5, 0.6) is 5.75 Å². The fourth-order valence-corrected chi connectivity index (χ4v) is 2.44. The van der Waals surface area contributed by atoms with E-state index in [0.717, 1.165) is 33.6 Å². The second-order valence-corrected chi connectivity index (χ2v) is 4.76. The monoisotopic (exact) mass is 252 g/mol. The Balaban J connectivity index is 2.20. The molecule has 0 unspecified atom stereocenters. The van der Waals surface area contributed by atoms with E-state index in [0.29, 0.717) is 0 Å². The molecule has 3 rings (SSSR count). The molecule has 0 spiro atoms. The third-order valence-electron chi connectivity index (χ3n) is 3.40. The third-order valence-corrected chi connectivity index (χ3v) is 3.40. The number of benzene rings is 2. The van der Waals surface area contributed by atoms with Crippen LogP contribution >= 0.6 is 0 Å². The Morgan fingerprint density at radius 2 is 1.68 bits per heavy atom. The van der Waals surface area contributed by atoms with Gasteiger partial charge in [0.15, 0.2) is 0 Å². The minimum atomic E-state index is 0.866. The van der Waals surface area contributed by atoms with E-state index in [1.165, 1.54) is 5.56 Å². The van der Waals surface area contributed by atoms with Gasteiger partial charge in [-0.1, -0.05) is 24.3 Å². The first kappa shape index (κ1) is 11.8. The quantitative estimate of drug-likeness (QED) is 0.658. The predicted octanol–water partition coefficient (Wildman–Crippen LogP) is 4.73. The van der Waals surface area contributed by atoms with Gasteiger partial charge < -0.3 is 9.15 Å². The zero-order valence-electron chi connectivity index (χ0n) is 11.4. The molecule has 0 aliphatic carbocycles. The maximum atomic E-state index is 5.86. The summed E-state index contributed by atoms with van der Waals surface area (Å²) in [5, 5.41) is 1.16. The number of methoxy groups -OCH3 is 1. The highest BCUT2D eigenvalue weighted by Crippen LogP contribution is 2.35. The van der Waals surface area contributed by atoms with Crippen molar-refractivity contribution < 1.29 is 9.15 Å². The Morgan fingerprint density at radius 3 is 2.37 bits per heavy atom. The molecule has 2 heteroatoms. The molecule has 0 bridgehead atoms. The fraction of sp³-hybridized carbons (Fsp3) is 0.176. The third kappa shape index (κ3) is 1.99. The molecule has 0 aliphatic rings. The van der Waals surface area contributed by atoms with Crippen molar-refractivity contribution in [3.05, 3.63) is 53.8 Å². The van der Waals surface area contributed by atoms with Crippen LogP contribution in [0.15, 0.2) is 46.9 Å². The van der Waals surface area contributed by atoms with Gasteiger partial charge in [-0.15, -0.1) is 0 Å². The van der Waals surface area contributed by atoms with Gasteiger partial charge in [0, 0.05) is 10.9 Å². The summed E-state index contributed by atoms with van der Waals surface area (Å²) >= 11 is 0. The van der Waals surface area contributed by atoms with Crippen LogP contribution in [-0.4, -0.2) is 7.11 Å². The average molecular weight is 252 g/mol. The van der Waals surface area contributed by atoms with Crippen LogP contribution in [0.2, 0.25) is 0 Å². The molecule has 1 heterocycles. The highest BCUT2D eigenvalue weighted by atomic mass is 16.5. The van der Waals surface area contributed by atoms with Gasteiger partial charge >= 0.3 is 0 Å². The summed E-state index contributed by atoms with van der Waals surface area (Å²) < 4.78 is 11.1. The number of fused-ring (bicyclic) bond motifs is 1. The summed E-state index contributed by atoms with van der Waals surface area (Å²) in [7, 11) is 1.68. The van der Waals surface area contributed by atoms with Crippen molar-refractivity contribution in [2.24, 2.45) is 0 Å². The van der Waals surface area contributed by atoms with Gasteiger partial charge in [0.1, 0.15) is 17.1 Å². The highest BCUT2D eigenvalue weighted by molar-refractivity contribution is 5.96. The Kier molecular flexibility index (Phi) is 2.79. The molecule has 0 saturated heterocycles. The van der Waals surface area contributed by atoms with Crippen molar-refractivity contribution in [1.82, 2.24) is 0 Å². The number of furan rings is 1. The predicted molar refractivity (Wildman–Crippen MR) is 77.7 cm³/mol. The normalized spacial score (nSPS) is 10.9. The standard InChI is InChI=1S/C17H16O2/c1-11-4-9-15-16(10-11)19-12(2)17(15)13-5-7-14(18-3)8-6-13/h4-10H,1-3H3. The minimum absolute atomic E-state index is 0.866. The lowest BCUT2D eigenvalue weighted by molar-refractivity contribution is 0.415. The molecule has 96 valence electrons. The van der Waals surface area contributed by atoms with Gasteiger partial charge in [0.25, 0.3) is 0 Å². The van der Waals surface area contributed by atoms with E-state index in [4.69, 9.17) is 9.15 Å². The van der Waals surface area contributed by atoms with E-state index in [1.54, 1.807) is 7.11 Å². The van der Waals surface area contributed by atoms with Crippen LogP contribution in [0.4, 0.5) is 0 Å². The largest absolute Gasteiger partial charge is 0.497 e. The van der Waals surface area contributed by atoms with Crippen LogP contribution in [0, 0.1) is 13.8 Å². The topological polar surface area (TPSA) is 22.4 Å². The van der Waals surface area contributed by atoms with Gasteiger partial charge in [0.2, 0.25) is 0 Å². The molecular weight excluding hydrogens is 236 g/mol. The Labute approximate surface area is 112 Å². The number of ether oxygens (including phenoxy) is 1. The molecule has 0 saturated carbocycles. The first-order chi connectivity index (χ1) is 9.19. The van der Waals surface area contributed by atoms with Crippen molar-refractivity contribution >= 4 is 11.0 Å². The molecule has 19 heavy (non-hydrogen) atoms. The molecule has 0 fully saturated rings. The molecule has 0 radical (unpaired) electrons. The molecule has 3 aromatic rings. The molecule has 0 amide bonds. The van der Waals surface area contributed by atoms with Crippen molar-refractivity contribution in [2.45, 2.75) is 13.8 Å². The maximum Gasteiger partial charge on any atom is 0.135 e. The minimum Gasteiger partial charge on any atom is -0.497 e. The summed E-state index contributed by atoms with van der Waals surface area (Å²) in [6.07, 6.45) is 0. The summed E-state index contributed by atoms with van der Waals surface area (Å²) in [5.41, 5.74) is 4.48. The van der Waals surface area contributed by atoms with E-state index in [2.05, 4.69) is 37.3 Å². The number of rotatable bonds is 2. The lowest BCUT2D eigenvalue weighted by Crippen LogP contribution is -1.83. The molecule has 0 aliphatic heterocycles. The Bertz CT molecular complexity index is 721. The summed E-state index contributed by atoms with van der Waals surface area (Å²) in [4.78, 5) is 0. The van der Waals surface area contributed by atoms with Crippen LogP contribution in [-0.2, 0) is 0 Å². The number of aryl methyl sites for hydroxylation is 2. The van der Waals surface area contributed by atoms with E-state index >= 15 is 0 Å². The SMILES string of the molecule is COc1ccc(-c2c(C)oc3cc(C)ccc23)cc1. The average Bonchev–Trinajstić information content (AvgIpc) is 2.74. The van der Waals surface area contributed by atoms with Crippen molar-refractivity contribution in [1.29, 1.82) is 0 Å². The van der Waals surface area contributed by atoms with Gasteiger partial charge in [-0.25, -0.2) is 0 Å². The van der Waals surface area contributed by atoms with E-state index in [1.807, 2.05) is 19.1 Å². The van der Waals surface area contributed by atoms with Gasteiger partial charge in [-0.05, 0) is 43.2 Å². The van der Waals surface area contributed by atoms with E-state index in [9.17, 15) is 0 Å². The number of hydrogen-bond donors (Lipinski definition) is 0. The van der Waals surface area contributed by atoms with Crippen molar-refractivity contribution in [3.8, 4) is 16.9 Å². The van der Waals surface area contributed by atoms with Crippen molar-refractivity contribution in [3.63, 3.8) is 0 Å². The van der Waals surface area contributed by atoms with Crippen molar-refractivity contribution in [2.75, 3.05) is 7.11 Å². The second-order valence-electron chi connectivity index (χ2n) is 4.76. The first-order valence-corrected chi connectivity index (χ1v) is 6.33.